The Labute approximate surface area is 141 Å². The van der Waals surface area contributed by atoms with Crippen molar-refractivity contribution < 1.29 is 4.79 Å². The van der Waals surface area contributed by atoms with E-state index < -0.39 is 0 Å². The Morgan fingerprint density at radius 2 is 2.30 bits per heavy atom. The van der Waals surface area contributed by atoms with Crippen molar-refractivity contribution in [1.29, 1.82) is 0 Å². The van der Waals surface area contributed by atoms with Crippen LogP contribution in [-0.2, 0) is 0 Å². The number of halogens is 3. The average molecular weight is 424 g/mol. The number of rotatable bonds is 3. The summed E-state index contributed by atoms with van der Waals surface area (Å²) in [6.45, 7) is 2.24. The predicted molar refractivity (Wildman–Crippen MR) is 90.8 cm³/mol. The molecule has 1 aliphatic rings. The lowest BCUT2D eigenvalue weighted by Crippen LogP contribution is -2.52. The number of hydrogen-bond acceptors (Lipinski definition) is 1. The third kappa shape index (κ3) is 3.77. The van der Waals surface area contributed by atoms with Crippen LogP contribution < -0.4 is 5.32 Å². The van der Waals surface area contributed by atoms with Crippen LogP contribution in [-0.4, -0.2) is 16.8 Å². The molecule has 1 N–H and O–H groups in total. The number of benzene rings is 1. The first kappa shape index (κ1) is 16.3. The topological polar surface area (TPSA) is 29.1 Å². The number of alkyl halides is 1. The molecule has 0 heterocycles. The SMILES string of the molecule is CC1CCCC(CBr)(NC(=O)c2cc(Br)ccc2Cl)C1. The van der Waals surface area contributed by atoms with Crippen LogP contribution in [0.25, 0.3) is 0 Å². The van der Waals surface area contributed by atoms with Crippen LogP contribution in [0.5, 0.6) is 0 Å². The highest BCUT2D eigenvalue weighted by atomic mass is 79.9. The van der Waals surface area contributed by atoms with E-state index in [4.69, 9.17) is 11.6 Å². The van der Waals surface area contributed by atoms with E-state index in [1.807, 2.05) is 6.07 Å². The molecule has 1 aromatic rings. The lowest BCUT2D eigenvalue weighted by molar-refractivity contribution is 0.0869. The van der Waals surface area contributed by atoms with E-state index >= 15 is 0 Å². The van der Waals surface area contributed by atoms with Gasteiger partial charge in [0.15, 0.2) is 0 Å². The van der Waals surface area contributed by atoms with Gasteiger partial charge in [-0.15, -0.1) is 0 Å². The molecule has 0 aromatic heterocycles. The summed E-state index contributed by atoms with van der Waals surface area (Å²) in [5.41, 5.74) is 0.375. The first-order valence-electron chi connectivity index (χ1n) is 6.79. The summed E-state index contributed by atoms with van der Waals surface area (Å²) in [6.07, 6.45) is 4.41. The first-order valence-corrected chi connectivity index (χ1v) is 9.08. The van der Waals surface area contributed by atoms with Gasteiger partial charge in [-0.05, 0) is 37.0 Å². The van der Waals surface area contributed by atoms with Gasteiger partial charge in [-0.3, -0.25) is 4.79 Å². The maximum atomic E-state index is 12.5. The second-order valence-electron chi connectivity index (χ2n) is 5.69. The Bertz CT molecular complexity index is 509. The van der Waals surface area contributed by atoms with Crippen molar-refractivity contribution in [3.8, 4) is 0 Å². The molecular formula is C15H18Br2ClNO. The van der Waals surface area contributed by atoms with E-state index in [9.17, 15) is 4.79 Å². The maximum Gasteiger partial charge on any atom is 0.253 e. The average Bonchev–Trinajstić information content (AvgIpc) is 2.41. The van der Waals surface area contributed by atoms with Crippen LogP contribution >= 0.6 is 43.5 Å². The van der Waals surface area contributed by atoms with E-state index in [0.29, 0.717) is 16.5 Å². The molecule has 2 rings (SSSR count). The standard InChI is InChI=1S/C15H18Br2ClNO/c1-10-3-2-6-15(8-10,9-16)19-14(20)12-7-11(17)4-5-13(12)18/h4-5,7,10H,2-3,6,8-9H2,1H3,(H,19,20). The number of carbonyl (C=O) groups is 1. The van der Waals surface area contributed by atoms with Crippen molar-refractivity contribution >= 4 is 49.4 Å². The van der Waals surface area contributed by atoms with Crippen molar-refractivity contribution in [3.05, 3.63) is 33.3 Å². The van der Waals surface area contributed by atoms with Crippen molar-refractivity contribution in [2.45, 2.75) is 38.1 Å². The quantitative estimate of drug-likeness (QED) is 0.667. The van der Waals surface area contributed by atoms with Crippen LogP contribution in [0.4, 0.5) is 0 Å². The highest BCUT2D eigenvalue weighted by Crippen LogP contribution is 2.34. The Balaban J connectivity index is 2.19. The molecule has 5 heteroatoms. The van der Waals surface area contributed by atoms with Gasteiger partial charge in [0.05, 0.1) is 16.1 Å². The van der Waals surface area contributed by atoms with E-state index in [1.165, 1.54) is 6.42 Å². The van der Waals surface area contributed by atoms with E-state index in [-0.39, 0.29) is 11.4 Å². The van der Waals surface area contributed by atoms with Crippen LogP contribution in [0.3, 0.4) is 0 Å². The van der Waals surface area contributed by atoms with Crippen molar-refractivity contribution in [2.24, 2.45) is 5.92 Å². The molecule has 1 amide bonds. The zero-order valence-electron chi connectivity index (χ0n) is 11.4. The molecule has 2 nitrogen and oxygen atoms in total. The van der Waals surface area contributed by atoms with E-state index in [0.717, 1.165) is 29.1 Å². The monoisotopic (exact) mass is 421 g/mol. The summed E-state index contributed by atoms with van der Waals surface area (Å²) in [6, 6.07) is 5.35. The summed E-state index contributed by atoms with van der Waals surface area (Å²) >= 11 is 13.1. The zero-order chi connectivity index (χ0) is 14.8. The summed E-state index contributed by atoms with van der Waals surface area (Å²) in [4.78, 5) is 12.5. The molecule has 0 spiro atoms. The highest BCUT2D eigenvalue weighted by molar-refractivity contribution is 9.10. The number of nitrogens with one attached hydrogen (secondary N) is 1. The van der Waals surface area contributed by atoms with Crippen molar-refractivity contribution in [3.63, 3.8) is 0 Å². The Hall–Kier alpha value is -0.0600. The molecule has 0 saturated heterocycles. The summed E-state index contributed by atoms with van der Waals surface area (Å²) in [7, 11) is 0. The van der Waals surface area contributed by atoms with Crippen molar-refractivity contribution in [2.75, 3.05) is 5.33 Å². The van der Waals surface area contributed by atoms with Crippen LogP contribution in [0.1, 0.15) is 43.0 Å². The molecule has 0 bridgehead atoms. The van der Waals surface area contributed by atoms with E-state index in [1.54, 1.807) is 12.1 Å². The minimum Gasteiger partial charge on any atom is -0.346 e. The fraction of sp³-hybridized carbons (Fsp3) is 0.533. The van der Waals surface area contributed by atoms with Gasteiger partial charge in [-0.1, -0.05) is 63.2 Å². The van der Waals surface area contributed by atoms with Gasteiger partial charge >= 0.3 is 0 Å². The third-order valence-corrected chi connectivity index (χ3v) is 5.80. The van der Waals surface area contributed by atoms with Gasteiger partial charge in [0, 0.05) is 9.80 Å². The summed E-state index contributed by atoms with van der Waals surface area (Å²) in [5, 5.41) is 4.47. The predicted octanol–water partition coefficient (Wildman–Crippen LogP) is 5.18. The second kappa shape index (κ2) is 6.80. The Morgan fingerprint density at radius 1 is 1.55 bits per heavy atom. The molecular weight excluding hydrogens is 405 g/mol. The van der Waals surface area contributed by atoms with Crippen molar-refractivity contribution in [1.82, 2.24) is 5.32 Å². The number of hydrogen-bond donors (Lipinski definition) is 1. The number of amides is 1. The number of carbonyl (C=O) groups excluding carboxylic acids is 1. The molecule has 1 fully saturated rings. The molecule has 0 aliphatic heterocycles. The largest absolute Gasteiger partial charge is 0.346 e. The molecule has 20 heavy (non-hydrogen) atoms. The molecule has 1 saturated carbocycles. The maximum absolute atomic E-state index is 12.5. The Morgan fingerprint density at radius 3 is 2.95 bits per heavy atom. The minimum absolute atomic E-state index is 0.0927. The molecule has 2 unspecified atom stereocenters. The third-order valence-electron chi connectivity index (χ3n) is 3.90. The van der Waals surface area contributed by atoms with Crippen LogP contribution in [0, 0.1) is 5.92 Å². The fourth-order valence-electron chi connectivity index (χ4n) is 2.91. The lowest BCUT2D eigenvalue weighted by atomic mass is 9.77. The van der Waals surface area contributed by atoms with Gasteiger partial charge in [0.2, 0.25) is 0 Å². The van der Waals surface area contributed by atoms with Gasteiger partial charge in [0.1, 0.15) is 0 Å². The molecule has 1 aromatic carbocycles. The summed E-state index contributed by atoms with van der Waals surface area (Å²) in [5.74, 6) is 0.546. The highest BCUT2D eigenvalue weighted by Gasteiger charge is 2.35. The molecule has 0 radical (unpaired) electrons. The van der Waals surface area contributed by atoms with Gasteiger partial charge in [-0.2, -0.15) is 0 Å². The van der Waals surface area contributed by atoms with Crippen LogP contribution in [0.15, 0.2) is 22.7 Å². The normalized spacial score (nSPS) is 26.3. The fourth-order valence-corrected chi connectivity index (χ4v) is 4.12. The van der Waals surface area contributed by atoms with Gasteiger partial charge in [-0.25, -0.2) is 0 Å². The first-order chi connectivity index (χ1) is 9.46. The molecule has 110 valence electrons. The van der Waals surface area contributed by atoms with Gasteiger partial charge < -0.3 is 5.32 Å². The van der Waals surface area contributed by atoms with E-state index in [2.05, 4.69) is 44.1 Å². The minimum atomic E-state index is -0.152. The Kier molecular flexibility index (Phi) is 5.55. The molecule has 1 aliphatic carbocycles. The van der Waals surface area contributed by atoms with Crippen LogP contribution in [0.2, 0.25) is 5.02 Å². The summed E-state index contributed by atoms with van der Waals surface area (Å²) < 4.78 is 0.858. The zero-order valence-corrected chi connectivity index (χ0v) is 15.3. The second-order valence-corrected chi connectivity index (χ2v) is 7.58. The molecule has 2 atom stereocenters. The smallest absolute Gasteiger partial charge is 0.253 e. The van der Waals surface area contributed by atoms with Gasteiger partial charge in [0.25, 0.3) is 5.91 Å². The lowest BCUT2D eigenvalue weighted by Gasteiger charge is -2.39.